The number of rotatable bonds is 10. The van der Waals surface area contributed by atoms with Gasteiger partial charge in [0.05, 0.1) is 22.5 Å². The average molecular weight is 549 g/mol. The van der Waals surface area contributed by atoms with Crippen LogP contribution in [0.25, 0.3) is 10.4 Å². The predicted molar refractivity (Wildman–Crippen MR) is 139 cm³/mol. The number of nitrogens with two attached hydrogens (primary N) is 1. The molecule has 4 aromatic rings. The van der Waals surface area contributed by atoms with Crippen molar-refractivity contribution in [2.24, 2.45) is 5.73 Å². The van der Waals surface area contributed by atoms with Crippen LogP contribution in [0.15, 0.2) is 88.8 Å². The van der Waals surface area contributed by atoms with Crippen molar-refractivity contribution in [3.63, 3.8) is 0 Å². The summed E-state index contributed by atoms with van der Waals surface area (Å²) in [5.41, 5.74) is 7.84. The van der Waals surface area contributed by atoms with Gasteiger partial charge in [-0.05, 0) is 35.9 Å². The third kappa shape index (κ3) is 7.64. The largest absolute Gasteiger partial charge is 0.489 e. The third-order valence-corrected chi connectivity index (χ3v) is 7.70. The molecule has 0 saturated heterocycles. The summed E-state index contributed by atoms with van der Waals surface area (Å²) in [6, 6.07) is 22.9. The van der Waals surface area contributed by atoms with Crippen molar-refractivity contribution in [1.29, 1.82) is 0 Å². The highest BCUT2D eigenvalue weighted by Gasteiger charge is 2.20. The van der Waals surface area contributed by atoms with Crippen molar-refractivity contribution in [2.45, 2.75) is 22.4 Å². The van der Waals surface area contributed by atoms with Crippen LogP contribution in [0.2, 0.25) is 5.02 Å². The standard InChI is InChI=1S/C24H22ClN2O5PS2/c25-21-12-19(34-18-8-4-7-17(11-18)31-14-16-5-2-1-3-6-16)9-10-20(21)23-13-27-24(35-23)22(26)15-32-33(28,29)30/h1-13,22H,14-15,26H2,(H2,28,29,30)/t22-/m0/s1. The fourth-order valence-corrected chi connectivity index (χ4v) is 5.70. The molecule has 35 heavy (non-hydrogen) atoms. The zero-order valence-electron chi connectivity index (χ0n) is 18.3. The van der Waals surface area contributed by atoms with Crippen LogP contribution in [-0.2, 0) is 15.7 Å². The Bertz CT molecular complexity index is 1330. The summed E-state index contributed by atoms with van der Waals surface area (Å²) in [5, 5.41) is 1.05. The quantitative estimate of drug-likeness (QED) is 0.198. The van der Waals surface area contributed by atoms with Crippen LogP contribution < -0.4 is 10.5 Å². The van der Waals surface area contributed by atoms with Gasteiger partial charge in [0.25, 0.3) is 0 Å². The maximum atomic E-state index is 10.9. The summed E-state index contributed by atoms with van der Waals surface area (Å²) in [7, 11) is -4.59. The highest BCUT2D eigenvalue weighted by Crippen LogP contribution is 2.40. The molecule has 1 aromatic heterocycles. The molecule has 0 radical (unpaired) electrons. The van der Waals surface area contributed by atoms with E-state index in [1.165, 1.54) is 11.3 Å². The van der Waals surface area contributed by atoms with Crippen LogP contribution >= 0.6 is 42.5 Å². The molecular weight excluding hydrogens is 527 g/mol. The Labute approximate surface area is 216 Å². The lowest BCUT2D eigenvalue weighted by Crippen LogP contribution is -2.16. The van der Waals surface area contributed by atoms with Gasteiger partial charge in [-0.15, -0.1) is 11.3 Å². The van der Waals surface area contributed by atoms with E-state index in [-0.39, 0.29) is 6.61 Å². The van der Waals surface area contributed by atoms with Crippen molar-refractivity contribution < 1.29 is 23.6 Å². The van der Waals surface area contributed by atoms with Crippen molar-refractivity contribution in [1.82, 2.24) is 4.98 Å². The van der Waals surface area contributed by atoms with E-state index in [9.17, 15) is 4.57 Å². The first-order chi connectivity index (χ1) is 16.8. The molecule has 0 saturated carbocycles. The van der Waals surface area contributed by atoms with Gasteiger partial charge >= 0.3 is 7.82 Å². The van der Waals surface area contributed by atoms with Crippen LogP contribution in [0.3, 0.4) is 0 Å². The van der Waals surface area contributed by atoms with E-state index in [0.717, 1.165) is 31.5 Å². The number of nitrogens with zero attached hydrogens (tertiary/aromatic N) is 1. The van der Waals surface area contributed by atoms with Crippen molar-refractivity contribution in [3.05, 3.63) is 94.6 Å². The normalized spacial score (nSPS) is 12.5. The third-order valence-electron chi connectivity index (χ3n) is 4.76. The van der Waals surface area contributed by atoms with Crippen LogP contribution in [0, 0.1) is 0 Å². The number of phosphoric ester groups is 1. The number of aromatic nitrogens is 1. The number of halogens is 1. The fourth-order valence-electron chi connectivity index (χ4n) is 3.10. The second-order valence-electron chi connectivity index (χ2n) is 7.45. The van der Waals surface area contributed by atoms with Gasteiger partial charge in [0, 0.05) is 21.6 Å². The lowest BCUT2D eigenvalue weighted by atomic mass is 10.2. The molecule has 0 bridgehead atoms. The molecule has 1 heterocycles. The van der Waals surface area contributed by atoms with E-state index in [1.54, 1.807) is 18.0 Å². The summed E-state index contributed by atoms with van der Waals surface area (Å²) in [4.78, 5) is 24.7. The lowest BCUT2D eigenvalue weighted by molar-refractivity contribution is 0.186. The minimum absolute atomic E-state index is 0.339. The van der Waals surface area contributed by atoms with E-state index in [4.69, 9.17) is 31.9 Å². The lowest BCUT2D eigenvalue weighted by Gasteiger charge is -2.10. The summed E-state index contributed by atoms with van der Waals surface area (Å²) in [6.45, 7) is 0.163. The summed E-state index contributed by atoms with van der Waals surface area (Å²) in [6.07, 6.45) is 1.64. The number of thiazole rings is 1. The molecule has 0 unspecified atom stereocenters. The highest BCUT2D eigenvalue weighted by molar-refractivity contribution is 7.99. The van der Waals surface area contributed by atoms with Crippen molar-refractivity contribution in [2.75, 3.05) is 6.61 Å². The Kier molecular flexibility index (Phi) is 8.64. The Morgan fingerprint density at radius 3 is 2.57 bits per heavy atom. The second-order valence-corrected chi connectivity index (χ2v) is 11.3. The first kappa shape index (κ1) is 25.9. The van der Waals surface area contributed by atoms with Crippen molar-refractivity contribution in [3.8, 4) is 16.2 Å². The molecule has 7 nitrogen and oxygen atoms in total. The van der Waals surface area contributed by atoms with Gasteiger partial charge in [-0.25, -0.2) is 9.55 Å². The molecular formula is C24H22ClN2O5PS2. The van der Waals surface area contributed by atoms with E-state index in [2.05, 4.69) is 9.51 Å². The number of ether oxygens (including phenoxy) is 1. The van der Waals surface area contributed by atoms with Gasteiger partial charge in [-0.2, -0.15) is 0 Å². The van der Waals surface area contributed by atoms with Crippen LogP contribution in [0.4, 0.5) is 0 Å². The Balaban J connectivity index is 1.41. The highest BCUT2D eigenvalue weighted by atomic mass is 35.5. The van der Waals surface area contributed by atoms with Gasteiger partial charge in [0.2, 0.25) is 0 Å². The van der Waals surface area contributed by atoms with Gasteiger partial charge < -0.3 is 20.3 Å². The molecule has 0 aliphatic heterocycles. The average Bonchev–Trinajstić information content (AvgIpc) is 3.32. The molecule has 1 atom stereocenters. The maximum Gasteiger partial charge on any atom is 0.469 e. The van der Waals surface area contributed by atoms with Crippen LogP contribution in [-0.4, -0.2) is 21.4 Å². The second kappa shape index (κ2) is 11.7. The molecule has 4 rings (SSSR count). The van der Waals surface area contributed by atoms with Crippen LogP contribution in [0.5, 0.6) is 5.75 Å². The molecule has 11 heteroatoms. The van der Waals surface area contributed by atoms with Crippen LogP contribution in [0.1, 0.15) is 16.6 Å². The SMILES string of the molecule is N[C@@H](COP(=O)(O)O)c1ncc(-c2ccc(Sc3cccc(OCc4ccccc4)c3)cc2Cl)s1. The number of hydrogen-bond donors (Lipinski definition) is 3. The molecule has 0 fully saturated rings. The number of hydrogen-bond acceptors (Lipinski definition) is 7. The van der Waals surface area contributed by atoms with E-state index >= 15 is 0 Å². The predicted octanol–water partition coefficient (Wildman–Crippen LogP) is 6.30. The van der Waals surface area contributed by atoms with E-state index in [1.807, 2.05) is 72.8 Å². The zero-order chi connectivity index (χ0) is 24.8. The van der Waals surface area contributed by atoms with Crippen molar-refractivity contribution >= 4 is 42.5 Å². The molecule has 0 spiro atoms. The zero-order valence-corrected chi connectivity index (χ0v) is 21.6. The summed E-state index contributed by atoms with van der Waals surface area (Å²) in [5.74, 6) is 0.790. The molecule has 0 aliphatic rings. The minimum atomic E-state index is -4.59. The number of benzene rings is 3. The fraction of sp³-hybridized carbons (Fsp3) is 0.125. The number of phosphoric acid groups is 1. The molecule has 3 aromatic carbocycles. The summed E-state index contributed by atoms with van der Waals surface area (Å²) < 4.78 is 21.3. The van der Waals surface area contributed by atoms with Gasteiger partial charge in [0.15, 0.2) is 0 Å². The smallest absolute Gasteiger partial charge is 0.469 e. The van der Waals surface area contributed by atoms with E-state index < -0.39 is 13.9 Å². The Hall–Kier alpha value is -2.20. The molecule has 182 valence electrons. The maximum absolute atomic E-state index is 10.9. The molecule has 0 aliphatic carbocycles. The molecule has 4 N–H and O–H groups in total. The topological polar surface area (TPSA) is 115 Å². The summed E-state index contributed by atoms with van der Waals surface area (Å²) >= 11 is 9.44. The molecule has 0 amide bonds. The van der Waals surface area contributed by atoms with Gasteiger partial charge in [0.1, 0.15) is 17.4 Å². The Morgan fingerprint density at radius 1 is 1.06 bits per heavy atom. The Morgan fingerprint density at radius 2 is 1.83 bits per heavy atom. The minimum Gasteiger partial charge on any atom is -0.489 e. The first-order valence-corrected chi connectivity index (χ1v) is 14.0. The van der Waals surface area contributed by atoms with Gasteiger partial charge in [-0.3, -0.25) is 4.52 Å². The first-order valence-electron chi connectivity index (χ1n) is 10.4. The van der Waals surface area contributed by atoms with Gasteiger partial charge in [-0.1, -0.05) is 65.8 Å². The monoisotopic (exact) mass is 548 g/mol. The van der Waals surface area contributed by atoms with E-state index in [0.29, 0.717) is 16.6 Å².